The van der Waals surface area contributed by atoms with Crippen molar-refractivity contribution >= 4 is 33.4 Å². The molecule has 0 heterocycles. The quantitative estimate of drug-likeness (QED) is 0.836. The molecule has 0 aliphatic heterocycles. The molecule has 110 valence electrons. The number of hydrogen-bond acceptors (Lipinski definition) is 2. The van der Waals surface area contributed by atoms with Gasteiger partial charge in [-0.2, -0.15) is 0 Å². The van der Waals surface area contributed by atoms with E-state index in [1.807, 2.05) is 13.8 Å². The second-order valence-corrected chi connectivity index (χ2v) is 6.97. The number of halogens is 1. The molecule has 0 bridgehead atoms. The molecule has 0 aromatic heterocycles. The van der Waals surface area contributed by atoms with Crippen LogP contribution >= 0.6 is 15.9 Å². The van der Waals surface area contributed by atoms with E-state index in [0.29, 0.717) is 24.3 Å². The number of amides is 2. The zero-order valence-corrected chi connectivity index (χ0v) is 14.0. The number of carbonyl (C=O) groups is 2. The Hall–Kier alpha value is -1.36. The number of alkyl halides is 1. The summed E-state index contributed by atoms with van der Waals surface area (Å²) in [6.07, 6.45) is 0. The molecule has 0 radical (unpaired) electrons. The molecule has 1 aromatic carbocycles. The van der Waals surface area contributed by atoms with Crippen molar-refractivity contribution in [1.29, 1.82) is 0 Å². The van der Waals surface area contributed by atoms with E-state index in [9.17, 15) is 9.59 Å². The molecular weight excluding hydrogens is 320 g/mol. The number of anilines is 1. The van der Waals surface area contributed by atoms with Gasteiger partial charge in [0.1, 0.15) is 0 Å². The van der Waals surface area contributed by atoms with Crippen LogP contribution in [0.4, 0.5) is 5.69 Å². The summed E-state index contributed by atoms with van der Waals surface area (Å²) in [6.45, 7) is 8.77. The van der Waals surface area contributed by atoms with Crippen LogP contribution in [0, 0.1) is 0 Å². The Kier molecular flexibility index (Phi) is 5.74. The number of nitrogens with zero attached hydrogens (tertiary/aromatic N) is 1. The molecule has 1 rings (SSSR count). The van der Waals surface area contributed by atoms with Crippen molar-refractivity contribution in [2.75, 3.05) is 18.4 Å². The van der Waals surface area contributed by atoms with E-state index >= 15 is 0 Å². The smallest absolute Gasteiger partial charge is 0.253 e. The summed E-state index contributed by atoms with van der Waals surface area (Å²) in [5.41, 5.74) is 1.21. The lowest BCUT2D eigenvalue weighted by Crippen LogP contribution is -2.32. The lowest BCUT2D eigenvalue weighted by atomic mass is 10.1. The number of rotatable bonds is 5. The third-order valence-electron chi connectivity index (χ3n) is 2.96. The molecule has 4 nitrogen and oxygen atoms in total. The molecule has 0 unspecified atom stereocenters. The fraction of sp³-hybridized carbons (Fsp3) is 0.467. The lowest BCUT2D eigenvalue weighted by molar-refractivity contribution is -0.117. The summed E-state index contributed by atoms with van der Waals surface area (Å²) in [6, 6.07) is 7.01. The molecule has 0 aliphatic rings. The highest BCUT2D eigenvalue weighted by molar-refractivity contribution is 9.10. The van der Waals surface area contributed by atoms with Crippen molar-refractivity contribution < 1.29 is 9.59 Å². The fourth-order valence-electron chi connectivity index (χ4n) is 1.70. The average Bonchev–Trinajstić information content (AvgIpc) is 2.39. The highest BCUT2D eigenvalue weighted by Crippen LogP contribution is 2.20. The summed E-state index contributed by atoms with van der Waals surface area (Å²) < 4.78 is -0.647. The molecule has 0 saturated carbocycles. The van der Waals surface area contributed by atoms with Crippen LogP contribution in [-0.2, 0) is 4.79 Å². The van der Waals surface area contributed by atoms with Gasteiger partial charge in [0.15, 0.2) is 0 Å². The second-order valence-electron chi connectivity index (χ2n) is 4.98. The summed E-state index contributed by atoms with van der Waals surface area (Å²) in [5.74, 6) is -0.172. The largest absolute Gasteiger partial charge is 0.339 e. The summed E-state index contributed by atoms with van der Waals surface area (Å²) in [4.78, 5) is 25.9. The maximum absolute atomic E-state index is 12.2. The van der Waals surface area contributed by atoms with Gasteiger partial charge in [-0.15, -0.1) is 0 Å². The minimum Gasteiger partial charge on any atom is -0.339 e. The third kappa shape index (κ3) is 4.34. The maximum atomic E-state index is 12.2. The minimum atomic E-state index is -0.647. The van der Waals surface area contributed by atoms with Gasteiger partial charge in [-0.3, -0.25) is 9.59 Å². The van der Waals surface area contributed by atoms with Crippen LogP contribution in [0.3, 0.4) is 0 Å². The zero-order valence-electron chi connectivity index (χ0n) is 12.4. The standard InChI is InChI=1S/C15H21BrN2O2/c1-5-18(6-2)13(19)11-8-7-9-12(10-11)17-14(20)15(3,4)16/h7-10H,5-6H2,1-4H3,(H,17,20). The number of nitrogens with one attached hydrogen (secondary N) is 1. The van der Waals surface area contributed by atoms with Crippen LogP contribution in [0.25, 0.3) is 0 Å². The van der Waals surface area contributed by atoms with Crippen LogP contribution in [0.5, 0.6) is 0 Å². The molecule has 1 N–H and O–H groups in total. The summed E-state index contributed by atoms with van der Waals surface area (Å²) in [7, 11) is 0. The topological polar surface area (TPSA) is 49.4 Å². The SMILES string of the molecule is CCN(CC)C(=O)c1cccc(NC(=O)C(C)(C)Br)c1. The van der Waals surface area contributed by atoms with Crippen LogP contribution in [0.15, 0.2) is 24.3 Å². The van der Waals surface area contributed by atoms with Gasteiger partial charge in [0.25, 0.3) is 5.91 Å². The van der Waals surface area contributed by atoms with E-state index in [1.54, 1.807) is 43.0 Å². The highest BCUT2D eigenvalue weighted by atomic mass is 79.9. The van der Waals surface area contributed by atoms with Gasteiger partial charge < -0.3 is 10.2 Å². The Labute approximate surface area is 128 Å². The van der Waals surface area contributed by atoms with Gasteiger partial charge in [0, 0.05) is 24.3 Å². The van der Waals surface area contributed by atoms with Crippen molar-refractivity contribution in [1.82, 2.24) is 4.90 Å². The molecule has 20 heavy (non-hydrogen) atoms. The first-order valence-corrected chi connectivity index (χ1v) is 7.48. The molecule has 0 saturated heterocycles. The molecule has 1 aromatic rings. The molecule has 0 aliphatic carbocycles. The average molecular weight is 341 g/mol. The first-order chi connectivity index (χ1) is 9.29. The Morgan fingerprint density at radius 1 is 1.25 bits per heavy atom. The molecule has 0 spiro atoms. The van der Waals surface area contributed by atoms with Crippen LogP contribution < -0.4 is 5.32 Å². The first kappa shape index (κ1) is 16.7. The van der Waals surface area contributed by atoms with Crippen molar-refractivity contribution in [2.45, 2.75) is 32.0 Å². The Morgan fingerprint density at radius 2 is 1.85 bits per heavy atom. The van der Waals surface area contributed by atoms with Crippen LogP contribution in [0.1, 0.15) is 38.1 Å². The van der Waals surface area contributed by atoms with E-state index in [-0.39, 0.29) is 11.8 Å². The van der Waals surface area contributed by atoms with Gasteiger partial charge >= 0.3 is 0 Å². The highest BCUT2D eigenvalue weighted by Gasteiger charge is 2.23. The van der Waals surface area contributed by atoms with Crippen molar-refractivity contribution in [3.05, 3.63) is 29.8 Å². The molecule has 0 atom stereocenters. The van der Waals surface area contributed by atoms with E-state index in [2.05, 4.69) is 21.2 Å². The predicted octanol–water partition coefficient (Wildman–Crippen LogP) is 3.28. The Morgan fingerprint density at radius 3 is 2.35 bits per heavy atom. The van der Waals surface area contributed by atoms with Crippen molar-refractivity contribution in [3.8, 4) is 0 Å². The van der Waals surface area contributed by atoms with E-state index in [4.69, 9.17) is 0 Å². The minimum absolute atomic E-state index is 0.0239. The molecule has 5 heteroatoms. The van der Waals surface area contributed by atoms with Gasteiger partial charge in [-0.25, -0.2) is 0 Å². The Balaban J connectivity index is 2.91. The fourth-order valence-corrected chi connectivity index (χ4v) is 1.80. The zero-order chi connectivity index (χ0) is 15.3. The number of hydrogen-bond donors (Lipinski definition) is 1. The van der Waals surface area contributed by atoms with Gasteiger partial charge in [-0.05, 0) is 45.9 Å². The van der Waals surface area contributed by atoms with Gasteiger partial charge in [0.2, 0.25) is 5.91 Å². The number of carbonyl (C=O) groups excluding carboxylic acids is 2. The monoisotopic (exact) mass is 340 g/mol. The molecule has 0 fully saturated rings. The maximum Gasteiger partial charge on any atom is 0.253 e. The Bertz CT molecular complexity index is 491. The van der Waals surface area contributed by atoms with Crippen LogP contribution in [0.2, 0.25) is 0 Å². The van der Waals surface area contributed by atoms with Crippen molar-refractivity contribution in [2.24, 2.45) is 0 Å². The third-order valence-corrected chi connectivity index (χ3v) is 3.32. The van der Waals surface area contributed by atoms with Gasteiger partial charge in [-0.1, -0.05) is 22.0 Å². The van der Waals surface area contributed by atoms with Crippen LogP contribution in [-0.4, -0.2) is 34.1 Å². The second kappa shape index (κ2) is 6.88. The van der Waals surface area contributed by atoms with Gasteiger partial charge in [0.05, 0.1) is 4.32 Å². The molecule has 2 amide bonds. The normalized spacial score (nSPS) is 11.1. The van der Waals surface area contributed by atoms with Crippen molar-refractivity contribution in [3.63, 3.8) is 0 Å². The predicted molar refractivity (Wildman–Crippen MR) is 85.3 cm³/mol. The first-order valence-electron chi connectivity index (χ1n) is 6.69. The summed E-state index contributed by atoms with van der Waals surface area (Å²) in [5, 5.41) is 2.80. The van der Waals surface area contributed by atoms with E-state index < -0.39 is 4.32 Å². The molecular formula is C15H21BrN2O2. The number of benzene rings is 1. The van der Waals surface area contributed by atoms with E-state index in [1.165, 1.54) is 0 Å². The lowest BCUT2D eigenvalue weighted by Gasteiger charge is -2.19. The summed E-state index contributed by atoms with van der Waals surface area (Å²) >= 11 is 3.31. The van der Waals surface area contributed by atoms with E-state index in [0.717, 1.165) is 0 Å².